The van der Waals surface area contributed by atoms with Crippen LogP contribution in [0.25, 0.3) is 0 Å². The molecule has 0 spiro atoms. The highest BCUT2D eigenvalue weighted by Crippen LogP contribution is 2.18. The number of hydrogen-bond donors (Lipinski definition) is 1. The molecule has 1 saturated heterocycles. The third kappa shape index (κ3) is 3.25. The largest absolute Gasteiger partial charge is 0.311 e. The molecule has 1 heterocycles. The van der Waals surface area contributed by atoms with Crippen molar-refractivity contribution < 1.29 is 0 Å². The Balaban J connectivity index is 2.39. The molecule has 1 fully saturated rings. The third-order valence-corrected chi connectivity index (χ3v) is 3.21. The molecule has 0 amide bonds. The standard InChI is InChI=1S/C12H26N2/c1-9(2)13-12-6-7-14(10(3)4)8-11(12)5/h9-13H,6-8H2,1-5H3/t11-,12?/m0/s1. The van der Waals surface area contributed by atoms with Crippen LogP contribution in [0.15, 0.2) is 0 Å². The molecule has 0 aliphatic carbocycles. The van der Waals surface area contributed by atoms with Crippen LogP contribution in [-0.4, -0.2) is 36.1 Å². The van der Waals surface area contributed by atoms with E-state index < -0.39 is 0 Å². The summed E-state index contributed by atoms with van der Waals surface area (Å²) in [6.45, 7) is 13.9. The molecule has 1 N–H and O–H groups in total. The molecule has 84 valence electrons. The summed E-state index contributed by atoms with van der Waals surface area (Å²) >= 11 is 0. The maximum atomic E-state index is 3.66. The first-order valence-electron chi connectivity index (χ1n) is 6.00. The molecule has 14 heavy (non-hydrogen) atoms. The van der Waals surface area contributed by atoms with Crippen molar-refractivity contribution in [1.82, 2.24) is 10.2 Å². The summed E-state index contributed by atoms with van der Waals surface area (Å²) in [5.74, 6) is 0.786. The summed E-state index contributed by atoms with van der Waals surface area (Å²) in [6.07, 6.45) is 1.30. The Kier molecular flexibility index (Phi) is 4.39. The van der Waals surface area contributed by atoms with E-state index in [2.05, 4.69) is 44.8 Å². The Morgan fingerprint density at radius 1 is 1.21 bits per heavy atom. The molecule has 0 aromatic carbocycles. The lowest BCUT2D eigenvalue weighted by Gasteiger charge is -2.40. The number of likely N-dealkylation sites (tertiary alicyclic amines) is 1. The second-order valence-corrected chi connectivity index (χ2v) is 5.28. The highest BCUT2D eigenvalue weighted by atomic mass is 15.2. The van der Waals surface area contributed by atoms with E-state index in [1.807, 2.05) is 0 Å². The molecule has 2 heteroatoms. The number of rotatable bonds is 3. The summed E-state index contributed by atoms with van der Waals surface area (Å²) < 4.78 is 0. The Bertz CT molecular complexity index is 166. The number of hydrogen-bond acceptors (Lipinski definition) is 2. The van der Waals surface area contributed by atoms with Gasteiger partial charge in [-0.05, 0) is 32.7 Å². The van der Waals surface area contributed by atoms with Crippen LogP contribution >= 0.6 is 0 Å². The van der Waals surface area contributed by atoms with Crippen LogP contribution in [0, 0.1) is 5.92 Å². The number of nitrogens with zero attached hydrogens (tertiary/aromatic N) is 1. The van der Waals surface area contributed by atoms with Crippen molar-refractivity contribution >= 4 is 0 Å². The topological polar surface area (TPSA) is 15.3 Å². The molecule has 1 rings (SSSR count). The van der Waals surface area contributed by atoms with Crippen molar-refractivity contribution in [3.8, 4) is 0 Å². The van der Waals surface area contributed by atoms with Crippen molar-refractivity contribution in [3.63, 3.8) is 0 Å². The summed E-state index contributed by atoms with van der Waals surface area (Å²) in [7, 11) is 0. The highest BCUT2D eigenvalue weighted by Gasteiger charge is 2.26. The van der Waals surface area contributed by atoms with Crippen LogP contribution in [0.2, 0.25) is 0 Å². The second kappa shape index (κ2) is 5.13. The van der Waals surface area contributed by atoms with Gasteiger partial charge in [0.1, 0.15) is 0 Å². The summed E-state index contributed by atoms with van der Waals surface area (Å²) in [5.41, 5.74) is 0. The van der Waals surface area contributed by atoms with E-state index in [-0.39, 0.29) is 0 Å². The number of nitrogens with one attached hydrogen (secondary N) is 1. The normalized spacial score (nSPS) is 30.2. The Hall–Kier alpha value is -0.0800. The summed E-state index contributed by atoms with van der Waals surface area (Å²) in [5, 5.41) is 3.66. The van der Waals surface area contributed by atoms with Gasteiger partial charge >= 0.3 is 0 Å². The average Bonchev–Trinajstić information content (AvgIpc) is 2.07. The quantitative estimate of drug-likeness (QED) is 0.747. The van der Waals surface area contributed by atoms with Crippen LogP contribution in [0.4, 0.5) is 0 Å². The van der Waals surface area contributed by atoms with E-state index in [0.717, 1.165) is 12.0 Å². The lowest BCUT2D eigenvalue weighted by atomic mass is 9.92. The van der Waals surface area contributed by atoms with Crippen molar-refractivity contribution in [2.24, 2.45) is 5.92 Å². The minimum Gasteiger partial charge on any atom is -0.311 e. The van der Waals surface area contributed by atoms with Crippen LogP contribution in [0.5, 0.6) is 0 Å². The third-order valence-electron chi connectivity index (χ3n) is 3.21. The van der Waals surface area contributed by atoms with Gasteiger partial charge in [-0.2, -0.15) is 0 Å². The Morgan fingerprint density at radius 3 is 2.29 bits per heavy atom. The molecule has 1 aliphatic rings. The molecule has 0 bridgehead atoms. The monoisotopic (exact) mass is 198 g/mol. The first-order chi connectivity index (χ1) is 6.50. The highest BCUT2D eigenvalue weighted by molar-refractivity contribution is 4.84. The van der Waals surface area contributed by atoms with Gasteiger partial charge in [-0.15, -0.1) is 0 Å². The lowest BCUT2D eigenvalue weighted by Crippen LogP contribution is -2.51. The van der Waals surface area contributed by atoms with Crippen LogP contribution in [0.1, 0.15) is 41.0 Å². The fraction of sp³-hybridized carbons (Fsp3) is 1.00. The van der Waals surface area contributed by atoms with Crippen molar-refractivity contribution in [3.05, 3.63) is 0 Å². The van der Waals surface area contributed by atoms with Gasteiger partial charge < -0.3 is 10.2 Å². The van der Waals surface area contributed by atoms with Gasteiger partial charge in [-0.3, -0.25) is 0 Å². The molecule has 2 atom stereocenters. The molecule has 0 aromatic rings. The Labute approximate surface area is 89.1 Å². The molecule has 0 aromatic heterocycles. The molecule has 0 saturated carbocycles. The van der Waals surface area contributed by atoms with E-state index in [9.17, 15) is 0 Å². The smallest absolute Gasteiger partial charge is 0.0119 e. The van der Waals surface area contributed by atoms with E-state index in [1.165, 1.54) is 19.5 Å². The van der Waals surface area contributed by atoms with Gasteiger partial charge in [-0.25, -0.2) is 0 Å². The number of piperidine rings is 1. The summed E-state index contributed by atoms with van der Waals surface area (Å²) in [4.78, 5) is 2.59. The maximum Gasteiger partial charge on any atom is 0.0119 e. The molecule has 0 radical (unpaired) electrons. The maximum absolute atomic E-state index is 3.66. The minimum absolute atomic E-state index is 0.619. The molecular weight excluding hydrogens is 172 g/mol. The zero-order valence-corrected chi connectivity index (χ0v) is 10.4. The van der Waals surface area contributed by atoms with Crippen molar-refractivity contribution in [2.75, 3.05) is 13.1 Å². The van der Waals surface area contributed by atoms with Gasteiger partial charge in [0.25, 0.3) is 0 Å². The van der Waals surface area contributed by atoms with Crippen LogP contribution < -0.4 is 5.32 Å². The minimum atomic E-state index is 0.619. The lowest BCUT2D eigenvalue weighted by molar-refractivity contribution is 0.115. The van der Waals surface area contributed by atoms with Gasteiger partial charge in [0.05, 0.1) is 0 Å². The fourth-order valence-electron chi connectivity index (χ4n) is 2.32. The van der Waals surface area contributed by atoms with E-state index >= 15 is 0 Å². The van der Waals surface area contributed by atoms with Gasteiger partial charge in [0.2, 0.25) is 0 Å². The molecular formula is C12H26N2. The Morgan fingerprint density at radius 2 is 1.86 bits per heavy atom. The van der Waals surface area contributed by atoms with Crippen molar-refractivity contribution in [2.45, 2.75) is 59.2 Å². The fourth-order valence-corrected chi connectivity index (χ4v) is 2.32. The predicted octanol–water partition coefficient (Wildman–Crippen LogP) is 2.10. The average molecular weight is 198 g/mol. The zero-order chi connectivity index (χ0) is 10.7. The second-order valence-electron chi connectivity index (χ2n) is 5.28. The van der Waals surface area contributed by atoms with Gasteiger partial charge in [0.15, 0.2) is 0 Å². The van der Waals surface area contributed by atoms with Crippen molar-refractivity contribution in [1.29, 1.82) is 0 Å². The predicted molar refractivity (Wildman–Crippen MR) is 62.5 cm³/mol. The zero-order valence-electron chi connectivity index (χ0n) is 10.4. The van der Waals surface area contributed by atoms with Crippen LogP contribution in [-0.2, 0) is 0 Å². The molecule has 1 unspecified atom stereocenters. The van der Waals surface area contributed by atoms with Gasteiger partial charge in [-0.1, -0.05) is 20.8 Å². The molecule has 2 nitrogen and oxygen atoms in total. The van der Waals surface area contributed by atoms with Crippen LogP contribution in [0.3, 0.4) is 0 Å². The first kappa shape index (κ1) is 12.0. The van der Waals surface area contributed by atoms with E-state index in [0.29, 0.717) is 12.1 Å². The van der Waals surface area contributed by atoms with Gasteiger partial charge in [0, 0.05) is 24.7 Å². The first-order valence-corrected chi connectivity index (χ1v) is 6.00. The van der Waals surface area contributed by atoms with E-state index in [4.69, 9.17) is 0 Å². The summed E-state index contributed by atoms with van der Waals surface area (Å²) in [6, 6.07) is 2.05. The van der Waals surface area contributed by atoms with E-state index in [1.54, 1.807) is 0 Å². The SMILES string of the molecule is CC(C)NC1CCN(C(C)C)C[C@@H]1C. The molecule has 1 aliphatic heterocycles.